The lowest BCUT2D eigenvalue weighted by Crippen LogP contribution is -2.34. The molecule has 3 aromatic rings. The van der Waals surface area contributed by atoms with E-state index in [0.29, 0.717) is 16.1 Å². The zero-order valence-corrected chi connectivity index (χ0v) is 19.1. The maximum atomic E-state index is 12.9. The van der Waals surface area contributed by atoms with Crippen LogP contribution in [0.15, 0.2) is 64.9 Å². The topological polar surface area (TPSA) is 95.6 Å². The number of para-hydroxylation sites is 1. The molecule has 10 heteroatoms. The Labute approximate surface area is 189 Å². The van der Waals surface area contributed by atoms with Gasteiger partial charge in [-0.15, -0.1) is 11.3 Å². The van der Waals surface area contributed by atoms with Crippen molar-refractivity contribution < 1.29 is 18.0 Å². The quantitative estimate of drug-likeness (QED) is 0.532. The number of amides is 2. The van der Waals surface area contributed by atoms with E-state index in [1.165, 1.54) is 29.4 Å². The number of carbonyl (C=O) groups excluding carboxylic acids is 2. The molecule has 0 aliphatic rings. The zero-order valence-electron chi connectivity index (χ0n) is 16.8. The molecule has 0 spiro atoms. The van der Waals surface area contributed by atoms with Crippen LogP contribution in [0.1, 0.15) is 15.2 Å². The first-order valence-corrected chi connectivity index (χ1v) is 11.9. The summed E-state index contributed by atoms with van der Waals surface area (Å²) >= 11 is 7.35. The third kappa shape index (κ3) is 5.63. The third-order valence-electron chi connectivity index (χ3n) is 4.34. The smallest absolute Gasteiger partial charge is 0.264 e. The highest BCUT2D eigenvalue weighted by Crippen LogP contribution is 2.26. The van der Waals surface area contributed by atoms with Crippen LogP contribution in [0, 0.1) is 6.92 Å². The molecule has 0 fully saturated rings. The lowest BCUT2D eigenvalue weighted by atomic mass is 10.2. The van der Waals surface area contributed by atoms with Gasteiger partial charge in [-0.25, -0.2) is 8.42 Å². The fourth-order valence-electron chi connectivity index (χ4n) is 2.79. The van der Waals surface area contributed by atoms with Gasteiger partial charge in [-0.1, -0.05) is 35.9 Å². The number of halogens is 1. The number of sulfonamides is 1. The number of nitrogens with zero attached hydrogens (tertiary/aromatic N) is 1. The molecule has 0 saturated carbocycles. The lowest BCUT2D eigenvalue weighted by molar-refractivity contribution is -0.116. The molecule has 162 valence electrons. The summed E-state index contributed by atoms with van der Waals surface area (Å²) in [5, 5.41) is 4.69. The Hall–Kier alpha value is -2.88. The van der Waals surface area contributed by atoms with Gasteiger partial charge in [0.2, 0.25) is 5.91 Å². The molecule has 31 heavy (non-hydrogen) atoms. The summed E-state index contributed by atoms with van der Waals surface area (Å²) in [6.07, 6.45) is 0. The van der Waals surface area contributed by atoms with Gasteiger partial charge in [0, 0.05) is 12.7 Å². The number of thiophene rings is 1. The first kappa shape index (κ1) is 22.8. The summed E-state index contributed by atoms with van der Waals surface area (Å²) in [4.78, 5) is 26.5. The van der Waals surface area contributed by atoms with Gasteiger partial charge in [-0.05, 0) is 48.2 Å². The van der Waals surface area contributed by atoms with Gasteiger partial charge in [0.25, 0.3) is 15.9 Å². The summed E-state index contributed by atoms with van der Waals surface area (Å²) in [6.45, 7) is 1.48. The number of benzene rings is 2. The van der Waals surface area contributed by atoms with Crippen LogP contribution in [0.3, 0.4) is 0 Å². The van der Waals surface area contributed by atoms with Gasteiger partial charge in [-0.3, -0.25) is 14.3 Å². The Balaban J connectivity index is 1.74. The number of aryl methyl sites for hydroxylation is 1. The predicted octanol–water partition coefficient (Wildman–Crippen LogP) is 4.22. The summed E-state index contributed by atoms with van der Waals surface area (Å²) in [6, 6.07) is 14.5. The molecule has 0 radical (unpaired) electrons. The maximum Gasteiger partial charge on any atom is 0.264 e. The molecule has 2 N–H and O–H groups in total. The molecule has 7 nitrogen and oxygen atoms in total. The molecule has 3 rings (SSSR count). The highest BCUT2D eigenvalue weighted by atomic mass is 35.5. The van der Waals surface area contributed by atoms with E-state index in [2.05, 4.69) is 10.0 Å². The molecule has 0 saturated heterocycles. The van der Waals surface area contributed by atoms with E-state index in [1.54, 1.807) is 60.8 Å². The maximum absolute atomic E-state index is 12.9. The number of nitrogens with one attached hydrogen (secondary N) is 2. The standard InChI is InChI=1S/C21H20ClN3O4S2/c1-14-9-10-15(23-20(26)13-25(2)21(27)18-8-5-11-30-18)12-19(14)31(28,29)24-17-7-4-3-6-16(17)22/h3-12,24H,13H2,1-2H3,(H,23,26). The second-order valence-corrected chi connectivity index (χ2v) is 9.76. The van der Waals surface area contributed by atoms with Gasteiger partial charge >= 0.3 is 0 Å². The van der Waals surface area contributed by atoms with Crippen LogP contribution in [0.2, 0.25) is 5.02 Å². The summed E-state index contributed by atoms with van der Waals surface area (Å²) in [7, 11) is -2.41. The van der Waals surface area contributed by atoms with Crippen molar-refractivity contribution in [1.29, 1.82) is 0 Å². The van der Waals surface area contributed by atoms with E-state index in [9.17, 15) is 18.0 Å². The average molecular weight is 478 g/mol. The first-order chi connectivity index (χ1) is 14.7. The van der Waals surface area contributed by atoms with Gasteiger partial charge in [-0.2, -0.15) is 0 Å². The van der Waals surface area contributed by atoms with Crippen molar-refractivity contribution >= 4 is 56.2 Å². The molecule has 0 unspecified atom stereocenters. The van der Waals surface area contributed by atoms with Gasteiger partial charge in [0.1, 0.15) is 0 Å². The number of rotatable bonds is 7. The van der Waals surface area contributed by atoms with Crippen LogP contribution >= 0.6 is 22.9 Å². The molecule has 1 aromatic heterocycles. The fraction of sp³-hybridized carbons (Fsp3) is 0.143. The molecule has 0 aliphatic heterocycles. The number of hydrogen-bond acceptors (Lipinski definition) is 5. The van der Waals surface area contributed by atoms with Crippen molar-refractivity contribution in [3.8, 4) is 0 Å². The van der Waals surface area contributed by atoms with Crippen molar-refractivity contribution in [2.75, 3.05) is 23.6 Å². The number of carbonyl (C=O) groups is 2. The molecule has 2 amide bonds. The van der Waals surface area contributed by atoms with Gasteiger partial charge < -0.3 is 10.2 Å². The first-order valence-electron chi connectivity index (χ1n) is 9.14. The van der Waals surface area contributed by atoms with E-state index in [-0.39, 0.29) is 28.1 Å². The summed E-state index contributed by atoms with van der Waals surface area (Å²) in [5.41, 5.74) is 1.06. The Kier molecular flexibility index (Phi) is 6.99. The molecule has 0 bridgehead atoms. The van der Waals surface area contributed by atoms with E-state index >= 15 is 0 Å². The highest BCUT2D eigenvalue weighted by Gasteiger charge is 2.20. The SMILES string of the molecule is Cc1ccc(NC(=O)CN(C)C(=O)c2cccs2)cc1S(=O)(=O)Nc1ccccc1Cl. The van der Waals surface area contributed by atoms with Crippen LogP contribution in [0.25, 0.3) is 0 Å². The summed E-state index contributed by atoms with van der Waals surface area (Å²) in [5.74, 6) is -0.708. The van der Waals surface area contributed by atoms with Crippen LogP contribution in [0.5, 0.6) is 0 Å². The molecule has 0 aliphatic carbocycles. The van der Waals surface area contributed by atoms with Crippen LogP contribution in [-0.2, 0) is 14.8 Å². The molecular formula is C21H20ClN3O4S2. The highest BCUT2D eigenvalue weighted by molar-refractivity contribution is 7.92. The van der Waals surface area contributed by atoms with Crippen molar-refractivity contribution in [2.45, 2.75) is 11.8 Å². The second-order valence-electron chi connectivity index (χ2n) is 6.75. The molecule has 0 atom stereocenters. The normalized spacial score (nSPS) is 11.1. The number of likely N-dealkylation sites (N-methyl/N-ethyl adjacent to an activating group) is 1. The van der Waals surface area contributed by atoms with Crippen molar-refractivity contribution in [3.63, 3.8) is 0 Å². The number of anilines is 2. The minimum Gasteiger partial charge on any atom is -0.332 e. The third-order valence-corrected chi connectivity index (χ3v) is 7.03. The summed E-state index contributed by atoms with van der Waals surface area (Å²) < 4.78 is 28.2. The Morgan fingerprint density at radius 1 is 1.10 bits per heavy atom. The second kappa shape index (κ2) is 9.51. The molecule has 2 aromatic carbocycles. The van der Waals surface area contributed by atoms with E-state index in [4.69, 9.17) is 11.6 Å². The Bertz CT molecular complexity index is 1210. The predicted molar refractivity (Wildman–Crippen MR) is 123 cm³/mol. The van der Waals surface area contributed by atoms with Crippen LogP contribution in [0.4, 0.5) is 11.4 Å². The monoisotopic (exact) mass is 477 g/mol. The van der Waals surface area contributed by atoms with Crippen LogP contribution in [-0.4, -0.2) is 38.7 Å². The van der Waals surface area contributed by atoms with Gasteiger partial charge in [0.05, 0.1) is 27.0 Å². The minimum atomic E-state index is -3.94. The van der Waals surface area contributed by atoms with Crippen molar-refractivity contribution in [1.82, 2.24) is 4.90 Å². The fourth-order valence-corrected chi connectivity index (χ4v) is 5.10. The van der Waals surface area contributed by atoms with E-state index < -0.39 is 15.9 Å². The largest absolute Gasteiger partial charge is 0.332 e. The zero-order chi connectivity index (χ0) is 22.6. The minimum absolute atomic E-state index is 0.00763. The number of hydrogen-bond donors (Lipinski definition) is 2. The van der Waals surface area contributed by atoms with Crippen molar-refractivity contribution in [2.24, 2.45) is 0 Å². The Morgan fingerprint density at radius 3 is 2.52 bits per heavy atom. The van der Waals surface area contributed by atoms with Crippen molar-refractivity contribution in [3.05, 3.63) is 75.4 Å². The van der Waals surface area contributed by atoms with E-state index in [1.807, 2.05) is 0 Å². The average Bonchev–Trinajstić information content (AvgIpc) is 3.25. The van der Waals surface area contributed by atoms with Crippen LogP contribution < -0.4 is 10.0 Å². The van der Waals surface area contributed by atoms with Gasteiger partial charge in [0.15, 0.2) is 0 Å². The Morgan fingerprint density at radius 2 is 1.84 bits per heavy atom. The molecule has 1 heterocycles. The molecular weight excluding hydrogens is 458 g/mol. The van der Waals surface area contributed by atoms with E-state index in [0.717, 1.165) is 0 Å². The lowest BCUT2D eigenvalue weighted by Gasteiger charge is -2.17.